The number of likely N-dealkylation sites (N-methyl/N-ethyl adjacent to an activating group) is 1. The minimum Gasteiger partial charge on any atom is -0.481 e. The molecule has 0 saturated carbocycles. The summed E-state index contributed by atoms with van der Waals surface area (Å²) in [7, 11) is 1.84. The number of amides is 2. The molecule has 196 valence electrons. The summed E-state index contributed by atoms with van der Waals surface area (Å²) < 4.78 is 0.860. The quantitative estimate of drug-likeness (QED) is 0.254. The van der Waals surface area contributed by atoms with Crippen molar-refractivity contribution in [2.75, 3.05) is 35.7 Å². The Kier molecular flexibility index (Phi) is 8.60. The van der Waals surface area contributed by atoms with E-state index in [0.29, 0.717) is 36.5 Å². The van der Waals surface area contributed by atoms with Gasteiger partial charge >= 0.3 is 5.97 Å². The summed E-state index contributed by atoms with van der Waals surface area (Å²) in [5.41, 5.74) is 5.85. The maximum Gasteiger partial charge on any atom is 0.303 e. The lowest BCUT2D eigenvalue weighted by Gasteiger charge is -2.22. The van der Waals surface area contributed by atoms with Crippen molar-refractivity contribution >= 4 is 62.0 Å². The van der Waals surface area contributed by atoms with Crippen LogP contribution in [0.25, 0.3) is 11.3 Å². The molecule has 0 fully saturated rings. The van der Waals surface area contributed by atoms with Gasteiger partial charge in [0.2, 0.25) is 5.91 Å². The zero-order chi connectivity index (χ0) is 27.2. The van der Waals surface area contributed by atoms with Gasteiger partial charge in [0.05, 0.1) is 17.0 Å². The number of carboxylic acids is 1. The third-order valence-electron chi connectivity index (χ3n) is 6.26. The molecule has 8 nitrogen and oxygen atoms in total. The van der Waals surface area contributed by atoms with Crippen LogP contribution in [0.2, 0.25) is 0 Å². The van der Waals surface area contributed by atoms with Crippen LogP contribution in [-0.4, -0.2) is 43.0 Å². The lowest BCUT2D eigenvalue weighted by molar-refractivity contribution is -0.137. The second kappa shape index (κ2) is 12.1. The highest BCUT2D eigenvalue weighted by Crippen LogP contribution is 2.39. The molecule has 4 rings (SSSR count). The highest BCUT2D eigenvalue weighted by molar-refractivity contribution is 9.10. The fourth-order valence-electron chi connectivity index (χ4n) is 4.32. The molecule has 0 saturated heterocycles. The zero-order valence-electron chi connectivity index (χ0n) is 21.2. The maximum absolute atomic E-state index is 13.2. The molecule has 0 spiro atoms. The molecule has 0 atom stereocenters. The predicted octanol–water partition coefficient (Wildman–Crippen LogP) is 4.97. The largest absolute Gasteiger partial charge is 0.481 e. The van der Waals surface area contributed by atoms with Gasteiger partial charge in [-0.3, -0.25) is 14.4 Å². The first-order valence-electron chi connectivity index (χ1n) is 12.2. The van der Waals surface area contributed by atoms with E-state index in [-0.39, 0.29) is 18.2 Å². The average molecular weight is 577 g/mol. The minimum absolute atomic E-state index is 0.0443. The fourth-order valence-corrected chi connectivity index (χ4v) is 4.68. The van der Waals surface area contributed by atoms with Gasteiger partial charge in [-0.25, -0.2) is 0 Å². The minimum atomic E-state index is -0.846. The number of carboxylic acid groups (broad SMARTS) is 1. The molecule has 0 aromatic heterocycles. The molecule has 38 heavy (non-hydrogen) atoms. The number of rotatable bonds is 10. The van der Waals surface area contributed by atoms with Crippen LogP contribution in [0.3, 0.4) is 0 Å². The molecule has 9 heteroatoms. The van der Waals surface area contributed by atoms with E-state index in [4.69, 9.17) is 5.11 Å². The number of aliphatic carboxylic acids is 1. The van der Waals surface area contributed by atoms with Crippen LogP contribution in [0.5, 0.6) is 0 Å². The Morgan fingerprint density at radius 3 is 2.37 bits per heavy atom. The molecule has 1 aliphatic rings. The third-order valence-corrected chi connectivity index (χ3v) is 6.75. The molecular weight excluding hydrogens is 548 g/mol. The number of nitrogens with zero attached hydrogens (tertiary/aromatic N) is 1. The van der Waals surface area contributed by atoms with E-state index in [1.165, 1.54) is 0 Å². The van der Waals surface area contributed by atoms with Crippen molar-refractivity contribution in [3.8, 4) is 0 Å². The van der Waals surface area contributed by atoms with Crippen LogP contribution in [0.15, 0.2) is 71.2 Å². The number of carbonyl (C=O) groups is 3. The normalized spacial score (nSPS) is 13.5. The van der Waals surface area contributed by atoms with Gasteiger partial charge in [-0.2, -0.15) is 0 Å². The highest BCUT2D eigenvalue weighted by Gasteiger charge is 2.28. The molecule has 3 aromatic rings. The second-order valence-corrected chi connectivity index (χ2v) is 9.85. The predicted molar refractivity (Wildman–Crippen MR) is 154 cm³/mol. The number of carbonyl (C=O) groups excluding carboxylic acids is 2. The molecule has 4 N–H and O–H groups in total. The number of nitrogens with one attached hydrogen (secondary N) is 3. The number of fused-ring (bicyclic) bond motifs is 1. The average Bonchev–Trinajstić information content (AvgIpc) is 3.21. The van der Waals surface area contributed by atoms with Gasteiger partial charge in [0.1, 0.15) is 0 Å². The van der Waals surface area contributed by atoms with Crippen LogP contribution >= 0.6 is 15.9 Å². The summed E-state index contributed by atoms with van der Waals surface area (Å²) in [6, 6.07) is 20.7. The van der Waals surface area contributed by atoms with E-state index in [0.717, 1.165) is 32.5 Å². The second-order valence-electron chi connectivity index (χ2n) is 8.93. The van der Waals surface area contributed by atoms with Gasteiger partial charge in [-0.15, -0.1) is 0 Å². The van der Waals surface area contributed by atoms with Crippen molar-refractivity contribution in [2.24, 2.45) is 0 Å². The molecule has 3 aromatic carbocycles. The lowest BCUT2D eigenvalue weighted by Crippen LogP contribution is -2.34. The van der Waals surface area contributed by atoms with Gasteiger partial charge in [-0.1, -0.05) is 46.3 Å². The van der Waals surface area contributed by atoms with Crippen LogP contribution in [0, 0.1) is 0 Å². The first-order chi connectivity index (χ1) is 18.3. The number of benzene rings is 3. The fraction of sp³-hybridized carbons (Fsp3) is 0.207. The third kappa shape index (κ3) is 6.30. The van der Waals surface area contributed by atoms with Crippen LogP contribution < -0.4 is 20.9 Å². The van der Waals surface area contributed by atoms with E-state index in [1.807, 2.05) is 73.8 Å². The van der Waals surface area contributed by atoms with E-state index in [1.54, 1.807) is 11.8 Å². The topological polar surface area (TPSA) is 111 Å². The van der Waals surface area contributed by atoms with Gasteiger partial charge < -0.3 is 26.0 Å². The van der Waals surface area contributed by atoms with Crippen molar-refractivity contribution in [3.63, 3.8) is 0 Å². The van der Waals surface area contributed by atoms with Gasteiger partial charge in [0.25, 0.3) is 5.91 Å². The van der Waals surface area contributed by atoms with E-state index < -0.39 is 5.97 Å². The summed E-state index contributed by atoms with van der Waals surface area (Å²) in [5.74, 6) is -1.11. The molecular formula is C29H29BrN4O4. The molecule has 0 aliphatic carbocycles. The van der Waals surface area contributed by atoms with E-state index >= 15 is 0 Å². The number of anilines is 3. The van der Waals surface area contributed by atoms with Crippen molar-refractivity contribution in [2.45, 2.75) is 19.8 Å². The highest BCUT2D eigenvalue weighted by atomic mass is 79.9. The maximum atomic E-state index is 13.2. The van der Waals surface area contributed by atoms with Crippen molar-refractivity contribution in [3.05, 3.63) is 87.9 Å². The van der Waals surface area contributed by atoms with Crippen molar-refractivity contribution in [1.82, 2.24) is 5.32 Å². The zero-order valence-corrected chi connectivity index (χ0v) is 22.8. The Hall–Kier alpha value is -3.95. The Balaban J connectivity index is 1.72. The molecule has 0 radical (unpaired) electrons. The summed E-state index contributed by atoms with van der Waals surface area (Å²) in [5, 5.41) is 18.4. The number of aryl methyl sites for hydroxylation is 1. The van der Waals surface area contributed by atoms with Crippen molar-refractivity contribution < 1.29 is 19.5 Å². The van der Waals surface area contributed by atoms with Gasteiger partial charge in [0.15, 0.2) is 0 Å². The molecule has 0 unspecified atom stereocenters. The Morgan fingerprint density at radius 2 is 1.74 bits per heavy atom. The molecule has 1 aliphatic heterocycles. The van der Waals surface area contributed by atoms with E-state index in [2.05, 4.69) is 31.9 Å². The summed E-state index contributed by atoms with van der Waals surface area (Å²) in [4.78, 5) is 38.0. The van der Waals surface area contributed by atoms with Crippen LogP contribution in [0.4, 0.5) is 17.1 Å². The summed E-state index contributed by atoms with van der Waals surface area (Å²) in [6.45, 7) is 2.76. The van der Waals surface area contributed by atoms with Crippen molar-refractivity contribution in [1.29, 1.82) is 0 Å². The Morgan fingerprint density at radius 1 is 1.03 bits per heavy atom. The monoisotopic (exact) mass is 576 g/mol. The Bertz CT molecular complexity index is 1380. The standard InChI is InChI=1S/C29H29BrN4O4/c1-18(35)34(16-15-31-2)23-11-9-22(10-12-23)32-28(20-6-3-19(4-7-20)5-14-26(36)37)27-24-13-8-21(30)17-25(24)33-29(27)38/h3-4,6-13,17,31-32H,5,14-16H2,1-2H3,(H,33,38)(H,36,37). The SMILES string of the molecule is CNCCN(C(C)=O)c1ccc(NC(=C2C(=O)Nc3cc(Br)ccc32)c2ccc(CCC(=O)O)cc2)cc1. The number of hydrogen-bond acceptors (Lipinski definition) is 5. The lowest BCUT2D eigenvalue weighted by atomic mass is 9.98. The first-order valence-corrected chi connectivity index (χ1v) is 13.0. The number of hydrogen-bond donors (Lipinski definition) is 4. The summed E-state index contributed by atoms with van der Waals surface area (Å²) >= 11 is 3.46. The Labute approximate surface area is 229 Å². The molecule has 0 bridgehead atoms. The molecule has 1 heterocycles. The first kappa shape index (κ1) is 27.1. The molecule has 2 amide bonds. The van der Waals surface area contributed by atoms with Crippen LogP contribution in [-0.2, 0) is 20.8 Å². The summed E-state index contributed by atoms with van der Waals surface area (Å²) in [6.07, 6.45) is 0.474. The van der Waals surface area contributed by atoms with Crippen LogP contribution in [0.1, 0.15) is 30.0 Å². The van der Waals surface area contributed by atoms with E-state index in [9.17, 15) is 14.4 Å². The smallest absolute Gasteiger partial charge is 0.303 e. The van der Waals surface area contributed by atoms with Gasteiger partial charge in [-0.05, 0) is 61.0 Å². The van der Waals surface area contributed by atoms with Gasteiger partial charge in [0, 0.05) is 47.8 Å². The number of halogens is 1.